The quantitative estimate of drug-likeness (QED) is 0.0216. The number of amides is 6. The summed E-state index contributed by atoms with van der Waals surface area (Å²) in [6, 6.07) is 47.1. The van der Waals surface area contributed by atoms with Crippen LogP contribution >= 0.6 is 0 Å². The number of likely N-dealkylation sites (tertiary alicyclic amines) is 2. The molecular formula is C106H131FN24O9. The number of aromatic amines is 5. The van der Waals surface area contributed by atoms with Crippen molar-refractivity contribution in [3.8, 4) is 23.0 Å². The molecule has 5 aliphatic heterocycles. The number of nitrogens with two attached hydrogens (primary N) is 4. The monoisotopic (exact) mass is 1900 g/mol. The fourth-order valence-corrected chi connectivity index (χ4v) is 19.6. The van der Waals surface area contributed by atoms with Crippen molar-refractivity contribution >= 4 is 80.9 Å². The summed E-state index contributed by atoms with van der Waals surface area (Å²) < 4.78 is 13.4. The summed E-state index contributed by atoms with van der Waals surface area (Å²) in [6.45, 7) is 30.0. The van der Waals surface area contributed by atoms with E-state index in [9.17, 15) is 48.8 Å². The van der Waals surface area contributed by atoms with Crippen molar-refractivity contribution in [3.63, 3.8) is 0 Å². The molecule has 140 heavy (non-hydrogen) atoms. The van der Waals surface area contributed by atoms with Gasteiger partial charge >= 0.3 is 6.03 Å². The lowest BCUT2D eigenvalue weighted by Crippen LogP contribution is -2.52. The van der Waals surface area contributed by atoms with Crippen molar-refractivity contribution in [2.24, 2.45) is 28.9 Å². The van der Waals surface area contributed by atoms with E-state index in [4.69, 9.17) is 22.9 Å². The number of piperazine rings is 1. The van der Waals surface area contributed by atoms with E-state index >= 15 is 0 Å². The van der Waals surface area contributed by atoms with Crippen molar-refractivity contribution in [2.45, 2.75) is 178 Å². The number of nitrogens with zero attached hydrogens (tertiary/aromatic N) is 11. The van der Waals surface area contributed by atoms with Crippen LogP contribution in [-0.4, -0.2) is 207 Å². The highest BCUT2D eigenvalue weighted by atomic mass is 19.1. The third-order valence-electron chi connectivity index (χ3n) is 27.5. The van der Waals surface area contributed by atoms with E-state index in [0.29, 0.717) is 150 Å². The molecule has 0 saturated carbocycles. The Kier molecular flexibility index (Phi) is 32.0. The number of aromatic nitrogens is 10. The molecule has 34 heteroatoms. The van der Waals surface area contributed by atoms with E-state index in [1.807, 2.05) is 156 Å². The molecule has 21 N–H and O–H groups in total. The number of rotatable bonds is 28. The first kappa shape index (κ1) is 99.4. The minimum atomic E-state index is -0.696. The first-order valence-corrected chi connectivity index (χ1v) is 48.3. The van der Waals surface area contributed by atoms with Gasteiger partial charge in [0, 0.05) is 146 Å². The van der Waals surface area contributed by atoms with Crippen LogP contribution in [0.1, 0.15) is 212 Å². The maximum Gasteiger partial charge on any atom is 0.320 e. The molecule has 18 rings (SSSR count). The maximum atomic E-state index is 13.4. The summed E-state index contributed by atoms with van der Waals surface area (Å²) in [5.74, 6) is 1.60. The normalized spacial score (nSPS) is 14.9. The fraction of sp³-hybridized carbons (Fsp3) is 0.377. The zero-order chi connectivity index (χ0) is 99.1. The lowest BCUT2D eigenvalue weighted by molar-refractivity contribution is 0.0991. The number of hydrogen-bond donors (Lipinski definition) is 17. The van der Waals surface area contributed by atoms with Gasteiger partial charge in [-0.1, -0.05) is 97.9 Å². The Morgan fingerprint density at radius 2 is 0.650 bits per heavy atom. The standard InChI is InChI=1S/C31H42N6O2.C29H37N7O3.C25H30FN5O2.C21H22N6O2/c1-20-8-12-36(13-9-20)26-10-14-37(15-11-26)25-6-4-23(5-7-25)18-27-28(30(32)39)31(35-34-27)33-19-24-16-21(2)29(38)22(3)17-24;1-19-15-22(16-20(2)26(19)37)18-31-28-25(27(30)38)24(32-33-28)17-21-5-7-23(8-6-21)34-11-13-36(14-12-34)29(39)35-9-3-4-10-35;1-15-11-18(12-16(2)23(15)32)14-28-25-22(24(27)33)21(29-30-25)13-17-3-5-20(6-4-17)31-9-7-19(26)8-10-31;1-11-5-14(6-12(2)19(11)28)9-23-21-18(20(22)29)17(26-27-21)8-13-3-4-16-15(7-13)10-24-25-16/h4-7,16-17,20,26,38H,8-15,18-19H2,1-3H3,(H2,32,39)(H2,33,34,35);5-8,15-16,37H,3-4,9-14,17-18H2,1-2H3,(H2,30,38)(H2,31,32,33);3-6,11-12,19,32H,7-10,13-14H2,1-2H3,(H2,27,33)(H2,28,29,30);3-7,10,28H,8-9H2,1-2H3,(H2,22,29)(H,24,25)(H2,23,26,27). The minimum Gasteiger partial charge on any atom is -0.507 e. The number of phenolic OH excluding ortho intramolecular Hbond substituents is 4. The van der Waals surface area contributed by atoms with Crippen LogP contribution in [0, 0.1) is 61.3 Å². The number of aryl methyl sites for hydroxylation is 8. The highest BCUT2D eigenvalue weighted by Gasteiger charge is 2.32. The number of H-pyrrole nitrogens is 5. The Balaban J connectivity index is 0.000000142. The van der Waals surface area contributed by atoms with Gasteiger partial charge in [0.15, 0.2) is 23.3 Å². The largest absolute Gasteiger partial charge is 0.507 e. The number of phenols is 4. The number of benzene rings is 8. The smallest absolute Gasteiger partial charge is 0.320 e. The van der Waals surface area contributed by atoms with Gasteiger partial charge in [-0.3, -0.25) is 44.7 Å². The van der Waals surface area contributed by atoms with Gasteiger partial charge in [0.05, 0.1) is 34.5 Å². The molecule has 8 aromatic carbocycles. The molecule has 736 valence electrons. The van der Waals surface area contributed by atoms with Crippen LogP contribution in [0.25, 0.3) is 10.9 Å². The van der Waals surface area contributed by atoms with Gasteiger partial charge in [-0.2, -0.15) is 25.5 Å². The number of alkyl halides is 1. The summed E-state index contributed by atoms with van der Waals surface area (Å²) in [6.07, 6.45) is 11.5. The molecule has 13 aromatic rings. The molecule has 0 atom stereocenters. The van der Waals surface area contributed by atoms with Crippen molar-refractivity contribution in [1.29, 1.82) is 0 Å². The maximum absolute atomic E-state index is 13.4. The van der Waals surface area contributed by atoms with Crippen LogP contribution < -0.4 is 58.9 Å². The SMILES string of the molecule is Cc1cc(CNc2n[nH]c(Cc3ccc(N4CCC(F)CC4)cc3)c2C(N)=O)cc(C)c1O.Cc1cc(CNc2n[nH]c(Cc3ccc(N4CCC(N5CCC(C)CC5)CC4)cc3)c2C(N)=O)cc(C)c1O.Cc1cc(CNc2n[nH]c(Cc3ccc(N4CCN(C(=O)N5CCCC5)CC4)cc3)c2C(N)=O)cc(C)c1O.Cc1cc(CNc2n[nH]c(Cc3ccc4[nH]ncc4c3)c2C(N)=O)cc(C)c1O. The summed E-state index contributed by atoms with van der Waals surface area (Å²) in [5.41, 5.74) is 45.8. The molecule has 5 aliphatic rings. The second-order valence-electron chi connectivity index (χ2n) is 37.9. The molecule has 0 radical (unpaired) electrons. The van der Waals surface area contributed by atoms with Crippen LogP contribution in [0.2, 0.25) is 0 Å². The Bertz CT molecular complexity index is 6430. The Morgan fingerprint density at radius 3 is 0.971 bits per heavy atom. The zero-order valence-corrected chi connectivity index (χ0v) is 81.3. The zero-order valence-electron chi connectivity index (χ0n) is 81.3. The topological polar surface area (TPSA) is 481 Å². The van der Waals surface area contributed by atoms with Crippen LogP contribution in [0.3, 0.4) is 0 Å². The van der Waals surface area contributed by atoms with E-state index in [0.717, 1.165) is 202 Å². The van der Waals surface area contributed by atoms with E-state index in [2.05, 4.69) is 147 Å². The van der Waals surface area contributed by atoms with Gasteiger partial charge in [-0.15, -0.1) is 0 Å². The highest BCUT2D eigenvalue weighted by molar-refractivity contribution is 6.01. The number of piperidine rings is 3. The third kappa shape index (κ3) is 24.5. The van der Waals surface area contributed by atoms with Crippen molar-refractivity contribution in [2.75, 3.05) is 115 Å². The van der Waals surface area contributed by atoms with Crippen molar-refractivity contribution in [1.82, 2.24) is 65.7 Å². The lowest BCUT2D eigenvalue weighted by atomic mass is 9.94. The number of urea groups is 1. The third-order valence-corrected chi connectivity index (χ3v) is 27.5. The molecule has 33 nitrogen and oxygen atoms in total. The van der Waals surface area contributed by atoms with Crippen LogP contribution in [-0.2, 0) is 51.9 Å². The van der Waals surface area contributed by atoms with Gasteiger partial charge in [-0.25, -0.2) is 9.18 Å². The molecule has 5 fully saturated rings. The predicted octanol–water partition coefficient (Wildman–Crippen LogP) is 15.0. The number of fused-ring (bicyclic) bond motifs is 1. The molecule has 5 saturated heterocycles. The number of hydrogen-bond acceptors (Lipinski definition) is 22. The molecule has 0 unspecified atom stereocenters. The summed E-state index contributed by atoms with van der Waals surface area (Å²) in [7, 11) is 0. The average molecular weight is 1900 g/mol. The van der Waals surface area contributed by atoms with E-state index < -0.39 is 29.8 Å². The second-order valence-corrected chi connectivity index (χ2v) is 37.9. The first-order valence-electron chi connectivity index (χ1n) is 48.3. The predicted molar refractivity (Wildman–Crippen MR) is 546 cm³/mol. The van der Waals surface area contributed by atoms with Gasteiger partial charge in [-0.05, 0) is 263 Å². The van der Waals surface area contributed by atoms with E-state index in [1.54, 1.807) is 6.20 Å². The van der Waals surface area contributed by atoms with Gasteiger partial charge in [0.2, 0.25) is 0 Å². The van der Waals surface area contributed by atoms with Crippen LogP contribution in [0.15, 0.2) is 146 Å². The highest BCUT2D eigenvalue weighted by Crippen LogP contribution is 2.35. The second kappa shape index (κ2) is 45.0. The molecule has 6 amide bonds. The summed E-state index contributed by atoms with van der Waals surface area (Å²) >= 11 is 0. The van der Waals surface area contributed by atoms with E-state index in [1.165, 1.54) is 44.5 Å². The van der Waals surface area contributed by atoms with E-state index in [-0.39, 0.29) is 11.8 Å². The molecular weight excluding hydrogens is 1770 g/mol. The number of aromatic hydroxyl groups is 4. The Morgan fingerprint density at radius 1 is 0.357 bits per heavy atom. The summed E-state index contributed by atoms with van der Waals surface area (Å²) in [5, 5.41) is 89.8. The number of carbonyl (C=O) groups excluding carboxylic acids is 5. The number of carbonyl (C=O) groups is 5. The first-order chi connectivity index (χ1) is 67.3. The van der Waals surface area contributed by atoms with Crippen LogP contribution in [0.4, 0.5) is 49.5 Å². The Hall–Kier alpha value is -15.1. The number of primary amides is 4. The summed E-state index contributed by atoms with van der Waals surface area (Å²) in [4.78, 5) is 75.3. The van der Waals surface area contributed by atoms with Gasteiger partial charge < -0.3 is 94.0 Å². The number of nitrogens with one attached hydrogen (secondary N) is 9. The number of anilines is 7. The molecule has 0 aliphatic carbocycles. The molecule has 5 aromatic heterocycles. The van der Waals surface area contributed by atoms with Crippen molar-refractivity contribution in [3.05, 3.63) is 280 Å². The van der Waals surface area contributed by atoms with Gasteiger partial charge in [0.1, 0.15) is 51.4 Å². The Labute approximate surface area is 814 Å². The van der Waals surface area contributed by atoms with Gasteiger partial charge in [0.25, 0.3) is 23.6 Å². The van der Waals surface area contributed by atoms with Crippen molar-refractivity contribution < 1.29 is 48.8 Å². The number of halogens is 1. The fourth-order valence-electron chi connectivity index (χ4n) is 19.6. The molecule has 0 bridgehead atoms. The minimum absolute atomic E-state index is 0.175. The average Bonchev–Trinajstić information content (AvgIpc) is 1.66. The van der Waals surface area contributed by atoms with Crippen LogP contribution in [0.5, 0.6) is 23.0 Å². The lowest BCUT2D eigenvalue weighted by Gasteiger charge is -2.42. The molecule has 10 heterocycles. The molecule has 0 spiro atoms.